The monoisotopic (exact) mass is 231 g/mol. The van der Waals surface area contributed by atoms with Crippen LogP contribution in [-0.4, -0.2) is 33.5 Å². The minimum absolute atomic E-state index is 0.0454. The first kappa shape index (κ1) is 10.4. The average molecular weight is 232 g/mol. The number of rotatable bonds is 1. The average Bonchev–Trinajstić information content (AvgIpc) is 2.32. The van der Waals surface area contributed by atoms with Gasteiger partial charge in [0.2, 0.25) is 5.90 Å². The van der Waals surface area contributed by atoms with Gasteiger partial charge < -0.3 is 9.84 Å². The van der Waals surface area contributed by atoms with Gasteiger partial charge in [0.25, 0.3) is 3.79 Å². The fourth-order valence-corrected chi connectivity index (χ4v) is 1.05. The molecule has 0 spiro atoms. The Balaban J connectivity index is 2.79. The summed E-state index contributed by atoms with van der Waals surface area (Å²) in [5, 5.41) is 8.89. The van der Waals surface area contributed by atoms with E-state index < -0.39 is 9.33 Å². The molecule has 0 unspecified atom stereocenters. The summed E-state index contributed by atoms with van der Waals surface area (Å²) in [6.45, 7) is 1.83. The van der Waals surface area contributed by atoms with Crippen molar-refractivity contribution in [3.8, 4) is 0 Å². The molecule has 0 saturated heterocycles. The fraction of sp³-hybridized carbons (Fsp3) is 0.833. The molecule has 6 heteroatoms. The Kier molecular flexibility index (Phi) is 2.78. The maximum Gasteiger partial charge on any atom is 0.266 e. The van der Waals surface area contributed by atoms with Gasteiger partial charge in [-0.3, -0.25) is 0 Å². The standard InChI is InChI=1S/C6H8Cl3NO2/c1-5(2-11)3-12-4(10-5)6(7,8)9/h11H,2-3H2,1H3/t5-/m1/s1. The number of ether oxygens (including phenoxy) is 1. The maximum absolute atomic E-state index is 8.89. The van der Waals surface area contributed by atoms with Gasteiger partial charge in [0, 0.05) is 0 Å². The van der Waals surface area contributed by atoms with E-state index in [-0.39, 0.29) is 19.1 Å². The van der Waals surface area contributed by atoms with Crippen LogP contribution in [0.3, 0.4) is 0 Å². The van der Waals surface area contributed by atoms with E-state index in [9.17, 15) is 0 Å². The van der Waals surface area contributed by atoms with Gasteiger partial charge in [-0.15, -0.1) is 0 Å². The summed E-state index contributed by atoms with van der Waals surface area (Å²) < 4.78 is 3.39. The normalized spacial score (nSPS) is 29.9. The third kappa shape index (κ3) is 2.16. The van der Waals surface area contributed by atoms with Gasteiger partial charge in [-0.05, 0) is 6.92 Å². The first-order valence-corrected chi connectivity index (χ1v) is 4.41. The fourth-order valence-electron chi connectivity index (χ4n) is 0.760. The van der Waals surface area contributed by atoms with Crippen molar-refractivity contribution in [2.24, 2.45) is 4.99 Å². The van der Waals surface area contributed by atoms with Gasteiger partial charge in [-0.1, -0.05) is 34.8 Å². The highest BCUT2D eigenvalue weighted by Gasteiger charge is 2.40. The van der Waals surface area contributed by atoms with Crippen molar-refractivity contribution < 1.29 is 9.84 Å². The number of alkyl halides is 3. The molecule has 1 aliphatic rings. The number of nitrogens with zero attached hydrogens (tertiary/aromatic N) is 1. The molecule has 0 aromatic carbocycles. The lowest BCUT2D eigenvalue weighted by Gasteiger charge is -2.12. The molecule has 1 N–H and O–H groups in total. The van der Waals surface area contributed by atoms with Gasteiger partial charge in [-0.2, -0.15) is 0 Å². The van der Waals surface area contributed by atoms with Crippen LogP contribution in [0.2, 0.25) is 0 Å². The third-order valence-electron chi connectivity index (χ3n) is 1.47. The first-order valence-electron chi connectivity index (χ1n) is 3.28. The SMILES string of the molecule is C[C@@]1(CO)COC(C(Cl)(Cl)Cl)=N1. The second-order valence-electron chi connectivity index (χ2n) is 2.86. The second kappa shape index (κ2) is 3.22. The molecule has 1 rings (SSSR count). The molecular weight excluding hydrogens is 224 g/mol. The molecule has 0 aliphatic carbocycles. The Hall–Kier alpha value is 0.300. The van der Waals surface area contributed by atoms with Gasteiger partial charge in [0.1, 0.15) is 12.1 Å². The van der Waals surface area contributed by atoms with E-state index in [0.717, 1.165) is 0 Å². The summed E-state index contributed by atoms with van der Waals surface area (Å²) in [6, 6.07) is 0. The van der Waals surface area contributed by atoms with Crippen molar-refractivity contribution in [2.75, 3.05) is 13.2 Å². The van der Waals surface area contributed by atoms with Crippen molar-refractivity contribution in [3.63, 3.8) is 0 Å². The number of hydrogen-bond donors (Lipinski definition) is 1. The molecule has 1 heterocycles. The van der Waals surface area contributed by atoms with E-state index in [1.54, 1.807) is 6.92 Å². The van der Waals surface area contributed by atoms with Crippen LogP contribution in [-0.2, 0) is 4.74 Å². The molecule has 0 radical (unpaired) electrons. The molecule has 0 fully saturated rings. The summed E-state index contributed by atoms with van der Waals surface area (Å²) in [7, 11) is 0. The number of aliphatic hydroxyl groups excluding tert-OH is 1. The zero-order chi connectivity index (χ0) is 9.41. The van der Waals surface area contributed by atoms with Crippen molar-refractivity contribution in [1.82, 2.24) is 0 Å². The molecule has 1 aliphatic heterocycles. The highest BCUT2D eigenvalue weighted by molar-refractivity contribution is 6.76. The van der Waals surface area contributed by atoms with Gasteiger partial charge in [-0.25, -0.2) is 4.99 Å². The molecule has 1 atom stereocenters. The van der Waals surface area contributed by atoms with Crippen LogP contribution in [0.15, 0.2) is 4.99 Å². The van der Waals surface area contributed by atoms with Crippen molar-refractivity contribution in [3.05, 3.63) is 0 Å². The lowest BCUT2D eigenvalue weighted by atomic mass is 10.1. The molecule has 0 bridgehead atoms. The molecule has 3 nitrogen and oxygen atoms in total. The van der Waals surface area contributed by atoms with Gasteiger partial charge in [0.15, 0.2) is 0 Å². The van der Waals surface area contributed by atoms with E-state index in [2.05, 4.69) is 4.99 Å². The Morgan fingerprint density at radius 1 is 1.67 bits per heavy atom. The first-order chi connectivity index (χ1) is 5.37. The van der Waals surface area contributed by atoms with E-state index >= 15 is 0 Å². The molecule has 0 saturated carbocycles. The minimum atomic E-state index is -1.63. The van der Waals surface area contributed by atoms with Crippen molar-refractivity contribution in [2.45, 2.75) is 16.3 Å². The third-order valence-corrected chi connectivity index (χ3v) is 1.96. The molecule has 0 amide bonds. The largest absolute Gasteiger partial charge is 0.475 e. The lowest BCUT2D eigenvalue weighted by Crippen LogP contribution is -2.28. The summed E-state index contributed by atoms with van der Waals surface area (Å²) in [5.41, 5.74) is -0.667. The Morgan fingerprint density at radius 2 is 2.25 bits per heavy atom. The minimum Gasteiger partial charge on any atom is -0.475 e. The smallest absolute Gasteiger partial charge is 0.266 e. The molecule has 0 aromatic rings. The second-order valence-corrected chi connectivity index (χ2v) is 5.14. The molecular formula is C6H8Cl3NO2. The van der Waals surface area contributed by atoms with Crippen LogP contribution in [0.5, 0.6) is 0 Å². The molecule has 70 valence electrons. The van der Waals surface area contributed by atoms with E-state index in [0.29, 0.717) is 0 Å². The highest BCUT2D eigenvalue weighted by Crippen LogP contribution is 2.33. The van der Waals surface area contributed by atoms with Crippen LogP contribution in [0.4, 0.5) is 0 Å². The van der Waals surface area contributed by atoms with E-state index in [4.69, 9.17) is 44.6 Å². The molecule has 12 heavy (non-hydrogen) atoms. The van der Waals surface area contributed by atoms with Crippen LogP contribution in [0, 0.1) is 0 Å². The van der Waals surface area contributed by atoms with E-state index in [1.165, 1.54) is 0 Å². The predicted octanol–water partition coefficient (Wildman–Crippen LogP) is 1.54. The number of halogens is 3. The quantitative estimate of drug-likeness (QED) is 0.697. The Labute approximate surface area is 85.3 Å². The van der Waals surface area contributed by atoms with Crippen molar-refractivity contribution in [1.29, 1.82) is 0 Å². The lowest BCUT2D eigenvalue weighted by molar-refractivity contribution is 0.169. The highest BCUT2D eigenvalue weighted by atomic mass is 35.6. The maximum atomic E-state index is 8.89. The zero-order valence-electron chi connectivity index (χ0n) is 6.35. The summed E-state index contributed by atoms with van der Waals surface area (Å²) in [4.78, 5) is 3.96. The number of aliphatic hydroxyl groups is 1. The zero-order valence-corrected chi connectivity index (χ0v) is 8.62. The Bertz CT molecular complexity index is 213. The van der Waals surface area contributed by atoms with Crippen LogP contribution >= 0.6 is 34.8 Å². The summed E-state index contributed by atoms with van der Waals surface area (Å²) >= 11 is 16.6. The number of hydrogen-bond acceptors (Lipinski definition) is 3. The predicted molar refractivity (Wildman–Crippen MR) is 49.2 cm³/mol. The summed E-state index contributed by atoms with van der Waals surface area (Å²) in [5.74, 6) is 0.0454. The number of aliphatic imine (C=N–C) groups is 1. The topological polar surface area (TPSA) is 41.8 Å². The van der Waals surface area contributed by atoms with Crippen LogP contribution in [0.25, 0.3) is 0 Å². The molecule has 0 aromatic heterocycles. The van der Waals surface area contributed by atoms with Crippen LogP contribution < -0.4 is 0 Å². The van der Waals surface area contributed by atoms with Crippen molar-refractivity contribution >= 4 is 40.7 Å². The Morgan fingerprint density at radius 3 is 2.50 bits per heavy atom. The van der Waals surface area contributed by atoms with Gasteiger partial charge >= 0.3 is 0 Å². The summed E-state index contributed by atoms with van der Waals surface area (Å²) in [6.07, 6.45) is 0. The van der Waals surface area contributed by atoms with Crippen LogP contribution in [0.1, 0.15) is 6.92 Å². The van der Waals surface area contributed by atoms with E-state index in [1.807, 2.05) is 0 Å². The van der Waals surface area contributed by atoms with Gasteiger partial charge in [0.05, 0.1) is 6.61 Å².